The summed E-state index contributed by atoms with van der Waals surface area (Å²) in [6.07, 6.45) is 2.35. The summed E-state index contributed by atoms with van der Waals surface area (Å²) in [4.78, 5) is 17.7. The summed E-state index contributed by atoms with van der Waals surface area (Å²) in [7, 11) is 0. The van der Waals surface area contributed by atoms with Gasteiger partial charge in [0.1, 0.15) is 5.82 Å². The molecule has 0 atom stereocenters. The minimum Gasteiger partial charge on any atom is -0.450 e. The molecule has 1 aromatic heterocycles. The van der Waals surface area contributed by atoms with E-state index >= 15 is 0 Å². The summed E-state index contributed by atoms with van der Waals surface area (Å²) < 4.78 is 10.2. The second-order valence-electron chi connectivity index (χ2n) is 6.86. The first-order valence-electron chi connectivity index (χ1n) is 9.72. The van der Waals surface area contributed by atoms with Gasteiger partial charge < -0.3 is 20.1 Å². The second kappa shape index (κ2) is 10.4. The molecule has 0 spiro atoms. The summed E-state index contributed by atoms with van der Waals surface area (Å²) in [5.74, 6) is 0.884. The molecule has 0 aliphatic carbocycles. The fourth-order valence-corrected chi connectivity index (χ4v) is 3.08. The lowest BCUT2D eigenvalue weighted by Gasteiger charge is -2.28. The maximum absolute atomic E-state index is 10.7. The SMILES string of the molecule is Cc1cccc(C=NNc2cc(CCCOC(N)=O)nc(N3CCOCC3)c2)c1. The van der Waals surface area contributed by atoms with Gasteiger partial charge in [0, 0.05) is 24.8 Å². The first-order valence-corrected chi connectivity index (χ1v) is 9.72. The first kappa shape index (κ1) is 20.6. The van der Waals surface area contributed by atoms with Crippen LogP contribution in [0.3, 0.4) is 0 Å². The number of nitrogens with zero attached hydrogens (tertiary/aromatic N) is 3. The van der Waals surface area contributed by atoms with Crippen molar-refractivity contribution in [2.24, 2.45) is 10.8 Å². The Labute approximate surface area is 170 Å². The van der Waals surface area contributed by atoms with Gasteiger partial charge in [-0.3, -0.25) is 5.43 Å². The van der Waals surface area contributed by atoms with Crippen molar-refractivity contribution in [2.75, 3.05) is 43.2 Å². The molecule has 1 amide bonds. The van der Waals surface area contributed by atoms with Crippen LogP contribution in [0.25, 0.3) is 0 Å². The molecule has 2 heterocycles. The maximum atomic E-state index is 10.7. The van der Waals surface area contributed by atoms with Gasteiger partial charge in [0.15, 0.2) is 0 Å². The number of benzene rings is 1. The van der Waals surface area contributed by atoms with Crippen LogP contribution in [0.2, 0.25) is 0 Å². The number of rotatable bonds is 8. The van der Waals surface area contributed by atoms with Crippen LogP contribution in [0, 0.1) is 6.92 Å². The Hall–Kier alpha value is -3.13. The number of hydrazone groups is 1. The van der Waals surface area contributed by atoms with Crippen LogP contribution in [0.5, 0.6) is 0 Å². The highest BCUT2D eigenvalue weighted by Gasteiger charge is 2.14. The molecule has 3 rings (SSSR count). The monoisotopic (exact) mass is 397 g/mol. The predicted molar refractivity (Wildman–Crippen MR) is 114 cm³/mol. The molecule has 1 saturated heterocycles. The van der Waals surface area contributed by atoms with E-state index in [2.05, 4.69) is 34.5 Å². The number of morpholine rings is 1. The smallest absolute Gasteiger partial charge is 0.404 e. The van der Waals surface area contributed by atoms with Gasteiger partial charge in [-0.25, -0.2) is 9.78 Å². The Kier molecular flexibility index (Phi) is 7.40. The van der Waals surface area contributed by atoms with Crippen LogP contribution >= 0.6 is 0 Å². The van der Waals surface area contributed by atoms with Crippen molar-refractivity contribution < 1.29 is 14.3 Å². The van der Waals surface area contributed by atoms with Gasteiger partial charge in [-0.15, -0.1) is 0 Å². The van der Waals surface area contributed by atoms with Gasteiger partial charge in [-0.05, 0) is 31.4 Å². The Morgan fingerprint density at radius 1 is 1.34 bits per heavy atom. The highest BCUT2D eigenvalue weighted by Crippen LogP contribution is 2.21. The summed E-state index contributed by atoms with van der Waals surface area (Å²) in [6, 6.07) is 12.1. The van der Waals surface area contributed by atoms with Crippen molar-refractivity contribution in [3.05, 3.63) is 53.2 Å². The third kappa shape index (κ3) is 6.76. The minimum absolute atomic E-state index is 0.271. The van der Waals surface area contributed by atoms with Crippen LogP contribution in [-0.4, -0.2) is 50.2 Å². The molecule has 154 valence electrons. The largest absolute Gasteiger partial charge is 0.450 e. The third-order valence-electron chi connectivity index (χ3n) is 4.47. The molecule has 29 heavy (non-hydrogen) atoms. The van der Waals surface area contributed by atoms with Crippen LogP contribution < -0.4 is 16.1 Å². The van der Waals surface area contributed by atoms with Crippen molar-refractivity contribution in [1.29, 1.82) is 0 Å². The van der Waals surface area contributed by atoms with Crippen molar-refractivity contribution in [3.8, 4) is 0 Å². The summed E-state index contributed by atoms with van der Waals surface area (Å²) >= 11 is 0. The second-order valence-corrected chi connectivity index (χ2v) is 6.86. The highest BCUT2D eigenvalue weighted by atomic mass is 16.5. The molecule has 3 N–H and O–H groups in total. The zero-order valence-electron chi connectivity index (χ0n) is 16.6. The van der Waals surface area contributed by atoms with Crippen molar-refractivity contribution in [3.63, 3.8) is 0 Å². The Morgan fingerprint density at radius 3 is 2.93 bits per heavy atom. The molecule has 0 radical (unpaired) electrons. The molecule has 0 unspecified atom stereocenters. The quantitative estimate of drug-likeness (QED) is 0.403. The number of primary amides is 1. The van der Waals surface area contributed by atoms with Gasteiger partial charge in [0.2, 0.25) is 0 Å². The number of amides is 1. The standard InChI is InChI=1S/C21H27N5O3/c1-16-4-2-5-17(12-16)15-23-25-19-13-18(6-3-9-29-21(22)27)24-20(14-19)26-7-10-28-11-8-26/h2,4-5,12-15H,3,6-11H2,1H3,(H2,22,27)(H,24,25). The number of nitrogens with one attached hydrogen (secondary N) is 1. The third-order valence-corrected chi connectivity index (χ3v) is 4.47. The van der Waals surface area contributed by atoms with E-state index in [0.717, 1.165) is 35.9 Å². The number of nitrogens with two attached hydrogens (primary N) is 1. The van der Waals surface area contributed by atoms with Crippen LogP contribution in [-0.2, 0) is 15.9 Å². The number of hydrogen-bond acceptors (Lipinski definition) is 7. The van der Waals surface area contributed by atoms with Crippen LogP contribution in [0.4, 0.5) is 16.3 Å². The van der Waals surface area contributed by atoms with E-state index in [1.807, 2.05) is 24.3 Å². The average Bonchev–Trinajstić information content (AvgIpc) is 2.72. The van der Waals surface area contributed by atoms with E-state index in [0.29, 0.717) is 26.1 Å². The lowest BCUT2D eigenvalue weighted by molar-refractivity contribution is 0.122. The lowest BCUT2D eigenvalue weighted by atomic mass is 10.2. The molecule has 2 aromatic rings. The van der Waals surface area contributed by atoms with Crippen molar-refractivity contribution >= 4 is 23.8 Å². The molecule has 0 bridgehead atoms. The molecule has 1 aliphatic rings. The predicted octanol–water partition coefficient (Wildman–Crippen LogP) is 2.70. The summed E-state index contributed by atoms with van der Waals surface area (Å²) in [6.45, 7) is 5.29. The van der Waals surface area contributed by atoms with Gasteiger partial charge in [0.05, 0.1) is 31.7 Å². The van der Waals surface area contributed by atoms with E-state index in [4.69, 9.17) is 20.2 Å². The van der Waals surface area contributed by atoms with Crippen molar-refractivity contribution in [1.82, 2.24) is 4.98 Å². The number of aryl methyl sites for hydroxylation is 2. The first-order chi connectivity index (χ1) is 14.1. The van der Waals surface area contributed by atoms with Crippen LogP contribution in [0.15, 0.2) is 41.5 Å². The minimum atomic E-state index is -0.757. The Morgan fingerprint density at radius 2 is 2.17 bits per heavy atom. The summed E-state index contributed by atoms with van der Waals surface area (Å²) in [5, 5.41) is 4.37. The number of anilines is 2. The summed E-state index contributed by atoms with van der Waals surface area (Å²) in [5.41, 5.74) is 12.1. The van der Waals surface area contributed by atoms with Crippen molar-refractivity contribution in [2.45, 2.75) is 19.8 Å². The number of carbonyl (C=O) groups excluding carboxylic acids is 1. The van der Waals surface area contributed by atoms with E-state index in [9.17, 15) is 4.79 Å². The molecule has 8 heteroatoms. The Bertz CT molecular complexity index is 850. The van der Waals surface area contributed by atoms with Gasteiger partial charge in [0.25, 0.3) is 0 Å². The number of pyridine rings is 1. The van der Waals surface area contributed by atoms with Gasteiger partial charge in [-0.1, -0.05) is 29.8 Å². The zero-order valence-corrected chi connectivity index (χ0v) is 16.6. The normalized spacial score (nSPS) is 14.2. The molecule has 1 aliphatic heterocycles. The Balaban J connectivity index is 1.71. The molecule has 1 aromatic carbocycles. The number of carbonyl (C=O) groups is 1. The number of aromatic nitrogens is 1. The maximum Gasteiger partial charge on any atom is 0.404 e. The van der Waals surface area contributed by atoms with E-state index in [1.165, 1.54) is 5.56 Å². The van der Waals surface area contributed by atoms with E-state index in [-0.39, 0.29) is 6.61 Å². The molecule has 1 fully saturated rings. The number of hydrogen-bond donors (Lipinski definition) is 2. The average molecular weight is 397 g/mol. The fraction of sp³-hybridized carbons (Fsp3) is 0.381. The van der Waals surface area contributed by atoms with E-state index < -0.39 is 6.09 Å². The topological polar surface area (TPSA) is 102 Å². The molecule has 8 nitrogen and oxygen atoms in total. The zero-order chi connectivity index (χ0) is 20.5. The van der Waals surface area contributed by atoms with Gasteiger partial charge in [-0.2, -0.15) is 5.10 Å². The van der Waals surface area contributed by atoms with E-state index in [1.54, 1.807) is 6.21 Å². The highest BCUT2D eigenvalue weighted by molar-refractivity contribution is 5.80. The number of ether oxygens (including phenoxy) is 2. The van der Waals surface area contributed by atoms with Gasteiger partial charge >= 0.3 is 6.09 Å². The fourth-order valence-electron chi connectivity index (χ4n) is 3.08. The molecular formula is C21H27N5O3. The molecule has 0 saturated carbocycles. The lowest BCUT2D eigenvalue weighted by Crippen LogP contribution is -2.36. The van der Waals surface area contributed by atoms with Crippen LogP contribution in [0.1, 0.15) is 23.2 Å². The molecular weight excluding hydrogens is 370 g/mol.